The number of hydrogen-bond donors (Lipinski definition) is 2. The highest BCUT2D eigenvalue weighted by Crippen LogP contribution is 2.19. The second-order valence-electron chi connectivity index (χ2n) is 6.28. The maximum Gasteiger partial charge on any atom is 0.239 e. The SMILES string of the molecule is CC(C)(C(=O)NCC1CCS(=O)(=O)C1)N1CCNCC1. The van der Waals surface area contributed by atoms with E-state index in [0.29, 0.717) is 13.0 Å². The van der Waals surface area contributed by atoms with Crippen LogP contribution in [0.3, 0.4) is 0 Å². The lowest BCUT2D eigenvalue weighted by Crippen LogP contribution is -2.60. The van der Waals surface area contributed by atoms with Gasteiger partial charge in [-0.1, -0.05) is 0 Å². The van der Waals surface area contributed by atoms with Crippen LogP contribution in [-0.2, 0) is 14.6 Å². The van der Waals surface area contributed by atoms with Gasteiger partial charge in [-0.05, 0) is 26.2 Å². The van der Waals surface area contributed by atoms with Crippen LogP contribution >= 0.6 is 0 Å². The van der Waals surface area contributed by atoms with E-state index in [2.05, 4.69) is 15.5 Å². The van der Waals surface area contributed by atoms with Gasteiger partial charge in [0.25, 0.3) is 0 Å². The topological polar surface area (TPSA) is 78.5 Å². The monoisotopic (exact) mass is 303 g/mol. The van der Waals surface area contributed by atoms with Crippen molar-refractivity contribution in [3.8, 4) is 0 Å². The fourth-order valence-electron chi connectivity index (χ4n) is 2.85. The lowest BCUT2D eigenvalue weighted by Gasteiger charge is -2.39. The third-order valence-electron chi connectivity index (χ3n) is 4.34. The lowest BCUT2D eigenvalue weighted by molar-refractivity contribution is -0.132. The van der Waals surface area contributed by atoms with E-state index in [-0.39, 0.29) is 23.3 Å². The average molecular weight is 303 g/mol. The molecule has 2 rings (SSSR count). The fraction of sp³-hybridized carbons (Fsp3) is 0.923. The summed E-state index contributed by atoms with van der Waals surface area (Å²) in [5.74, 6) is 0.530. The number of amides is 1. The second-order valence-corrected chi connectivity index (χ2v) is 8.50. The van der Waals surface area contributed by atoms with E-state index in [0.717, 1.165) is 26.2 Å². The zero-order valence-electron chi connectivity index (χ0n) is 12.3. The average Bonchev–Trinajstić information content (AvgIpc) is 2.76. The molecule has 0 spiro atoms. The van der Waals surface area contributed by atoms with Crippen molar-refractivity contribution in [3.63, 3.8) is 0 Å². The van der Waals surface area contributed by atoms with Gasteiger partial charge < -0.3 is 10.6 Å². The molecule has 0 saturated carbocycles. The Morgan fingerprint density at radius 1 is 1.35 bits per heavy atom. The molecule has 1 amide bonds. The van der Waals surface area contributed by atoms with Gasteiger partial charge in [0.15, 0.2) is 9.84 Å². The van der Waals surface area contributed by atoms with Gasteiger partial charge in [0.2, 0.25) is 5.91 Å². The Bertz CT molecular complexity index is 455. The maximum absolute atomic E-state index is 12.4. The van der Waals surface area contributed by atoms with Crippen LogP contribution < -0.4 is 10.6 Å². The number of piperazine rings is 1. The Hall–Kier alpha value is -0.660. The molecule has 0 aromatic carbocycles. The van der Waals surface area contributed by atoms with E-state index in [1.165, 1.54) is 0 Å². The number of nitrogens with zero attached hydrogens (tertiary/aromatic N) is 1. The molecule has 1 atom stereocenters. The molecular weight excluding hydrogens is 278 g/mol. The highest BCUT2D eigenvalue weighted by molar-refractivity contribution is 7.91. The third-order valence-corrected chi connectivity index (χ3v) is 6.18. The first-order valence-electron chi connectivity index (χ1n) is 7.26. The predicted octanol–water partition coefficient (Wildman–Crippen LogP) is -0.779. The molecule has 116 valence electrons. The summed E-state index contributed by atoms with van der Waals surface area (Å²) in [6, 6.07) is 0. The van der Waals surface area contributed by atoms with Crippen molar-refractivity contribution in [2.24, 2.45) is 5.92 Å². The Morgan fingerprint density at radius 3 is 2.55 bits per heavy atom. The maximum atomic E-state index is 12.4. The van der Waals surface area contributed by atoms with Crippen LogP contribution in [0, 0.1) is 5.92 Å². The highest BCUT2D eigenvalue weighted by atomic mass is 32.2. The molecule has 20 heavy (non-hydrogen) atoms. The highest BCUT2D eigenvalue weighted by Gasteiger charge is 2.36. The molecule has 2 aliphatic heterocycles. The molecular formula is C13H25N3O3S. The van der Waals surface area contributed by atoms with Crippen LogP contribution in [0.4, 0.5) is 0 Å². The second kappa shape index (κ2) is 5.99. The van der Waals surface area contributed by atoms with Crippen LogP contribution in [0.25, 0.3) is 0 Å². The predicted molar refractivity (Wildman–Crippen MR) is 78.3 cm³/mol. The van der Waals surface area contributed by atoms with Gasteiger partial charge in [-0.3, -0.25) is 9.69 Å². The fourth-order valence-corrected chi connectivity index (χ4v) is 4.72. The smallest absolute Gasteiger partial charge is 0.239 e. The summed E-state index contributed by atoms with van der Waals surface area (Å²) >= 11 is 0. The van der Waals surface area contributed by atoms with Crippen LogP contribution in [0.15, 0.2) is 0 Å². The summed E-state index contributed by atoms with van der Waals surface area (Å²) in [7, 11) is -2.87. The summed E-state index contributed by atoms with van der Waals surface area (Å²) in [6.07, 6.45) is 0.663. The number of carbonyl (C=O) groups excluding carboxylic acids is 1. The Balaban J connectivity index is 1.84. The van der Waals surface area contributed by atoms with Crippen molar-refractivity contribution in [2.75, 3.05) is 44.2 Å². The standard InChI is InChI=1S/C13H25N3O3S/c1-13(2,16-6-4-14-5-7-16)12(17)15-9-11-3-8-20(18,19)10-11/h11,14H,3-10H2,1-2H3,(H,15,17). The molecule has 1 unspecified atom stereocenters. The van der Waals surface area contributed by atoms with Gasteiger partial charge >= 0.3 is 0 Å². The largest absolute Gasteiger partial charge is 0.354 e. The summed E-state index contributed by atoms with van der Waals surface area (Å²) in [5.41, 5.74) is -0.542. The van der Waals surface area contributed by atoms with Crippen LogP contribution in [0.5, 0.6) is 0 Å². The molecule has 2 saturated heterocycles. The van der Waals surface area contributed by atoms with Crippen molar-refractivity contribution >= 4 is 15.7 Å². The van der Waals surface area contributed by atoms with Gasteiger partial charge in [0, 0.05) is 32.7 Å². The van der Waals surface area contributed by atoms with Gasteiger partial charge in [0.05, 0.1) is 17.0 Å². The number of rotatable bonds is 4. The molecule has 0 aromatic rings. The molecule has 0 radical (unpaired) electrons. The molecule has 2 aliphatic rings. The molecule has 2 N–H and O–H groups in total. The van der Waals surface area contributed by atoms with Crippen molar-refractivity contribution < 1.29 is 13.2 Å². The van der Waals surface area contributed by atoms with Crippen LogP contribution in [0.2, 0.25) is 0 Å². The number of carbonyl (C=O) groups is 1. The van der Waals surface area contributed by atoms with E-state index in [1.807, 2.05) is 13.8 Å². The van der Waals surface area contributed by atoms with Crippen LogP contribution in [0.1, 0.15) is 20.3 Å². The van der Waals surface area contributed by atoms with E-state index in [1.54, 1.807) is 0 Å². The molecule has 2 heterocycles. The minimum Gasteiger partial charge on any atom is -0.354 e. The van der Waals surface area contributed by atoms with Gasteiger partial charge in [-0.25, -0.2) is 8.42 Å². The zero-order chi connectivity index (χ0) is 14.8. The molecule has 0 bridgehead atoms. The van der Waals surface area contributed by atoms with E-state index < -0.39 is 15.4 Å². The van der Waals surface area contributed by atoms with Gasteiger partial charge in [-0.15, -0.1) is 0 Å². The Kier molecular flexibility index (Phi) is 4.71. The molecule has 7 heteroatoms. The zero-order valence-corrected chi connectivity index (χ0v) is 13.1. The van der Waals surface area contributed by atoms with Crippen molar-refractivity contribution in [2.45, 2.75) is 25.8 Å². The number of nitrogens with one attached hydrogen (secondary N) is 2. The first-order valence-corrected chi connectivity index (χ1v) is 9.08. The molecule has 6 nitrogen and oxygen atoms in total. The lowest BCUT2D eigenvalue weighted by atomic mass is 10.00. The summed E-state index contributed by atoms with van der Waals surface area (Å²) in [5, 5.41) is 6.21. The molecule has 0 aliphatic carbocycles. The van der Waals surface area contributed by atoms with Crippen LogP contribution in [-0.4, -0.2) is 69.0 Å². The van der Waals surface area contributed by atoms with E-state index >= 15 is 0 Å². The summed E-state index contributed by atoms with van der Waals surface area (Å²) < 4.78 is 22.8. The Labute approximate surface area is 121 Å². The quantitative estimate of drug-likeness (QED) is 0.712. The Morgan fingerprint density at radius 2 is 2.00 bits per heavy atom. The van der Waals surface area contributed by atoms with Crippen molar-refractivity contribution in [1.82, 2.24) is 15.5 Å². The van der Waals surface area contributed by atoms with E-state index in [4.69, 9.17) is 0 Å². The third kappa shape index (κ3) is 3.71. The number of hydrogen-bond acceptors (Lipinski definition) is 5. The first kappa shape index (κ1) is 15.7. The first-order chi connectivity index (χ1) is 9.31. The normalized spacial score (nSPS) is 27.4. The van der Waals surface area contributed by atoms with Crippen molar-refractivity contribution in [1.29, 1.82) is 0 Å². The summed E-state index contributed by atoms with van der Waals surface area (Å²) in [6.45, 7) is 7.84. The number of sulfone groups is 1. The molecule has 0 aromatic heterocycles. The molecule has 2 fully saturated rings. The summed E-state index contributed by atoms with van der Waals surface area (Å²) in [4.78, 5) is 14.5. The van der Waals surface area contributed by atoms with Gasteiger partial charge in [0.1, 0.15) is 0 Å². The minimum absolute atomic E-state index is 0.0105. The van der Waals surface area contributed by atoms with Crippen molar-refractivity contribution in [3.05, 3.63) is 0 Å². The van der Waals surface area contributed by atoms with Gasteiger partial charge in [-0.2, -0.15) is 0 Å². The minimum atomic E-state index is -2.87. The van der Waals surface area contributed by atoms with E-state index in [9.17, 15) is 13.2 Å².